The topological polar surface area (TPSA) is 117 Å². The molecule has 47 heavy (non-hydrogen) atoms. The Morgan fingerprint density at radius 3 is 2.68 bits per heavy atom. The average molecular weight is 652 g/mol. The zero-order chi connectivity index (χ0) is 33.1. The summed E-state index contributed by atoms with van der Waals surface area (Å²) in [5.74, 6) is -0.619. The minimum absolute atomic E-state index is 0.0541. The Kier molecular flexibility index (Phi) is 9.27. The first-order valence-electron chi connectivity index (χ1n) is 15.5. The summed E-state index contributed by atoms with van der Waals surface area (Å²) in [7, 11) is 0. The molecule has 1 aliphatic heterocycles. The molecule has 1 saturated heterocycles. The summed E-state index contributed by atoms with van der Waals surface area (Å²) in [6.45, 7) is 7.13. The smallest absolute Gasteiger partial charge is 0.328 e. The molecule has 0 spiro atoms. The molecule has 0 amide bonds. The van der Waals surface area contributed by atoms with Gasteiger partial charge < -0.3 is 15.2 Å². The lowest BCUT2D eigenvalue weighted by molar-refractivity contribution is -0.689. The SMILES string of the molecule is Cc1cc(C[n+]2cnn(C[C@](O)(c3cccc(F)c3)[C@H](C)c3nc(-c4ccc(C#N)cc4)cs3)c2)cc(C)c1OC(=O)C1CCCN1. The molecule has 5 aromatic rings. The number of ether oxygens (including phenoxy) is 1. The Hall–Kier alpha value is -4.76. The van der Waals surface area contributed by atoms with Gasteiger partial charge in [-0.25, -0.2) is 18.7 Å². The zero-order valence-corrected chi connectivity index (χ0v) is 27.3. The van der Waals surface area contributed by atoms with Crippen LogP contribution in [-0.4, -0.2) is 38.4 Å². The van der Waals surface area contributed by atoms with Crippen molar-refractivity contribution >= 4 is 17.3 Å². The quantitative estimate of drug-likeness (QED) is 0.119. The van der Waals surface area contributed by atoms with Crippen LogP contribution in [0.5, 0.6) is 5.75 Å². The molecule has 11 heteroatoms. The van der Waals surface area contributed by atoms with E-state index in [1.807, 2.05) is 61.3 Å². The Morgan fingerprint density at radius 1 is 1.23 bits per heavy atom. The molecule has 0 aliphatic carbocycles. The number of aromatic nitrogens is 4. The van der Waals surface area contributed by atoms with Gasteiger partial charge in [0.25, 0.3) is 6.33 Å². The minimum atomic E-state index is -1.54. The van der Waals surface area contributed by atoms with E-state index >= 15 is 0 Å². The molecule has 0 saturated carbocycles. The Labute approximate surface area is 276 Å². The van der Waals surface area contributed by atoms with Crippen LogP contribution < -0.4 is 14.6 Å². The van der Waals surface area contributed by atoms with Crippen molar-refractivity contribution in [3.8, 4) is 23.1 Å². The average Bonchev–Trinajstić information content (AvgIpc) is 3.86. The highest BCUT2D eigenvalue weighted by atomic mass is 32.1. The van der Waals surface area contributed by atoms with Crippen molar-refractivity contribution in [1.82, 2.24) is 20.1 Å². The normalized spacial score (nSPS) is 16.4. The van der Waals surface area contributed by atoms with E-state index < -0.39 is 17.3 Å². The number of hydrogen-bond acceptors (Lipinski definition) is 8. The third-order valence-electron chi connectivity index (χ3n) is 8.71. The van der Waals surface area contributed by atoms with Crippen LogP contribution in [0.1, 0.15) is 58.5 Å². The van der Waals surface area contributed by atoms with Crippen LogP contribution in [0.3, 0.4) is 0 Å². The van der Waals surface area contributed by atoms with Gasteiger partial charge in [-0.05, 0) is 91.9 Å². The molecule has 1 fully saturated rings. The van der Waals surface area contributed by atoms with Gasteiger partial charge in [-0.1, -0.05) is 31.2 Å². The summed E-state index contributed by atoms with van der Waals surface area (Å²) in [5, 5.41) is 31.8. The molecule has 0 bridgehead atoms. The molecule has 1 aliphatic rings. The van der Waals surface area contributed by atoms with Gasteiger partial charge in [0.05, 0.1) is 28.9 Å². The monoisotopic (exact) mass is 651 g/mol. The fourth-order valence-corrected chi connectivity index (χ4v) is 7.08. The van der Waals surface area contributed by atoms with E-state index in [4.69, 9.17) is 15.0 Å². The Bertz CT molecular complexity index is 1920. The summed E-state index contributed by atoms with van der Waals surface area (Å²) < 4.78 is 23.8. The van der Waals surface area contributed by atoms with E-state index in [1.54, 1.807) is 35.3 Å². The maximum Gasteiger partial charge on any atom is 0.328 e. The first kappa shape index (κ1) is 32.2. The standard InChI is InChI=1S/C36H36FN6O3S/c1-23-14-27(15-24(2)33(23)46-35(44)31-8-5-13-39-31)18-42-21-40-43(22-42)20-36(45,29-6-4-7-30(37)16-29)25(3)34-41-32(19-47-34)28-11-9-26(17-38)10-12-28/h4,6-7,9-12,14-16,19,21-22,25,31,39,45H,5,8,13,18,20H2,1-3H3/q+1/t25-,31?,36-/m1/s1. The molecular formula is C36H36FN6O3S+. The maximum absolute atomic E-state index is 14.5. The van der Waals surface area contributed by atoms with E-state index in [2.05, 4.69) is 16.5 Å². The number of esters is 1. The summed E-state index contributed by atoms with van der Waals surface area (Å²) >= 11 is 1.42. The highest BCUT2D eigenvalue weighted by Crippen LogP contribution is 2.40. The zero-order valence-electron chi connectivity index (χ0n) is 26.5. The molecule has 6 rings (SSSR count). The summed E-state index contributed by atoms with van der Waals surface area (Å²) in [5.41, 5.74) is 3.80. The first-order valence-corrected chi connectivity index (χ1v) is 16.4. The predicted octanol–water partition coefficient (Wildman–Crippen LogP) is 5.32. The molecule has 0 radical (unpaired) electrons. The highest BCUT2D eigenvalue weighted by molar-refractivity contribution is 7.10. The predicted molar refractivity (Wildman–Crippen MR) is 175 cm³/mol. The molecular weight excluding hydrogens is 616 g/mol. The molecule has 9 nitrogen and oxygen atoms in total. The third-order valence-corrected chi connectivity index (χ3v) is 9.74. The number of benzene rings is 3. The molecule has 240 valence electrons. The highest BCUT2D eigenvalue weighted by Gasteiger charge is 2.41. The van der Waals surface area contributed by atoms with Crippen LogP contribution in [0, 0.1) is 31.0 Å². The van der Waals surface area contributed by atoms with Crippen LogP contribution in [0.25, 0.3) is 11.3 Å². The van der Waals surface area contributed by atoms with Gasteiger partial charge >= 0.3 is 5.97 Å². The van der Waals surface area contributed by atoms with Crippen LogP contribution >= 0.6 is 11.3 Å². The summed E-state index contributed by atoms with van der Waals surface area (Å²) in [6.07, 6.45) is 5.25. The maximum atomic E-state index is 14.5. The van der Waals surface area contributed by atoms with Crippen molar-refractivity contribution in [3.63, 3.8) is 0 Å². The number of carbonyl (C=O) groups excluding carboxylic acids is 1. The molecule has 3 aromatic carbocycles. The minimum Gasteiger partial charge on any atom is -0.425 e. The molecule has 3 heterocycles. The van der Waals surface area contributed by atoms with Crippen molar-refractivity contribution in [2.24, 2.45) is 0 Å². The fourth-order valence-electron chi connectivity index (χ4n) is 6.11. The van der Waals surface area contributed by atoms with Crippen molar-refractivity contribution in [2.75, 3.05) is 6.54 Å². The Balaban J connectivity index is 1.22. The number of aryl methyl sites for hydroxylation is 2. The second-order valence-electron chi connectivity index (χ2n) is 12.2. The Morgan fingerprint density at radius 2 is 2.00 bits per heavy atom. The number of nitrogens with one attached hydrogen (secondary N) is 1. The van der Waals surface area contributed by atoms with Gasteiger partial charge in [0.2, 0.25) is 6.33 Å². The molecule has 3 atom stereocenters. The largest absolute Gasteiger partial charge is 0.425 e. The number of aliphatic hydroxyl groups is 1. The second kappa shape index (κ2) is 13.5. The van der Waals surface area contributed by atoms with Crippen LogP contribution in [0.2, 0.25) is 0 Å². The van der Waals surface area contributed by atoms with Gasteiger partial charge in [0, 0.05) is 22.0 Å². The van der Waals surface area contributed by atoms with Crippen molar-refractivity contribution in [3.05, 3.63) is 117 Å². The van der Waals surface area contributed by atoms with Gasteiger partial charge in [-0.3, -0.25) is 0 Å². The molecule has 2 N–H and O–H groups in total. The van der Waals surface area contributed by atoms with E-state index in [0.29, 0.717) is 28.4 Å². The lowest BCUT2D eigenvalue weighted by Crippen LogP contribution is -2.38. The lowest BCUT2D eigenvalue weighted by atomic mass is 9.82. The number of carbonyl (C=O) groups is 1. The van der Waals surface area contributed by atoms with Crippen LogP contribution in [0.4, 0.5) is 4.39 Å². The number of rotatable bonds is 10. The van der Waals surface area contributed by atoms with E-state index in [1.165, 1.54) is 23.5 Å². The number of nitriles is 1. The third kappa shape index (κ3) is 7.00. The number of thiazole rings is 1. The van der Waals surface area contributed by atoms with Gasteiger partial charge in [0.1, 0.15) is 29.8 Å². The summed E-state index contributed by atoms with van der Waals surface area (Å²) in [4.78, 5) is 17.4. The van der Waals surface area contributed by atoms with Crippen molar-refractivity contribution in [2.45, 2.75) is 64.3 Å². The lowest BCUT2D eigenvalue weighted by Gasteiger charge is -2.31. The molecule has 2 aromatic heterocycles. The van der Waals surface area contributed by atoms with Crippen molar-refractivity contribution in [1.29, 1.82) is 5.26 Å². The van der Waals surface area contributed by atoms with Crippen LogP contribution in [0.15, 0.2) is 78.7 Å². The summed E-state index contributed by atoms with van der Waals surface area (Å²) in [6, 6.07) is 19.1. The van der Waals surface area contributed by atoms with E-state index in [9.17, 15) is 14.3 Å². The van der Waals surface area contributed by atoms with Gasteiger partial charge in [0.15, 0.2) is 0 Å². The fraction of sp³-hybridized carbons (Fsp3) is 0.306. The number of hydrogen-bond donors (Lipinski definition) is 2. The second-order valence-corrected chi connectivity index (χ2v) is 13.1. The van der Waals surface area contributed by atoms with Crippen molar-refractivity contribution < 1.29 is 23.6 Å². The van der Waals surface area contributed by atoms with Crippen LogP contribution in [-0.2, 0) is 23.5 Å². The van der Waals surface area contributed by atoms with Gasteiger partial charge in [-0.15, -0.1) is 16.0 Å². The molecule has 1 unspecified atom stereocenters. The number of nitrogens with zero attached hydrogens (tertiary/aromatic N) is 5. The van der Waals surface area contributed by atoms with E-state index in [-0.39, 0.29) is 18.6 Å². The van der Waals surface area contributed by atoms with E-state index in [0.717, 1.165) is 47.3 Å². The number of halogens is 1. The first-order chi connectivity index (χ1) is 22.6. The van der Waals surface area contributed by atoms with Gasteiger partial charge in [-0.2, -0.15) is 5.26 Å².